The van der Waals surface area contributed by atoms with Gasteiger partial charge in [-0.2, -0.15) is 4.68 Å². The van der Waals surface area contributed by atoms with Gasteiger partial charge in [0.15, 0.2) is 17.0 Å². The Morgan fingerprint density at radius 1 is 0.970 bits per heavy atom. The minimum absolute atomic E-state index is 0.190. The van der Waals surface area contributed by atoms with Crippen LogP contribution in [-0.4, -0.2) is 61.9 Å². The lowest BCUT2D eigenvalue weighted by Gasteiger charge is -2.35. The molecule has 2 aromatic carbocycles. The van der Waals surface area contributed by atoms with E-state index in [4.69, 9.17) is 0 Å². The van der Waals surface area contributed by atoms with Gasteiger partial charge in [-0.15, -0.1) is 5.10 Å². The first kappa shape index (κ1) is 21.0. The molecule has 1 aliphatic rings. The summed E-state index contributed by atoms with van der Waals surface area (Å²) in [6.07, 6.45) is 3.78. The molecule has 5 rings (SSSR count). The fourth-order valence-electron chi connectivity index (χ4n) is 4.16. The zero-order valence-corrected chi connectivity index (χ0v) is 18.1. The first-order valence-electron chi connectivity index (χ1n) is 11.1. The molecule has 168 valence electrons. The molecule has 4 aromatic rings. The van der Waals surface area contributed by atoms with E-state index < -0.39 is 0 Å². The van der Waals surface area contributed by atoms with Crippen molar-refractivity contribution >= 4 is 22.9 Å². The molecule has 1 amide bonds. The second-order valence-corrected chi connectivity index (χ2v) is 8.06. The number of carbonyl (C=O) groups is 1. The van der Waals surface area contributed by atoms with E-state index in [2.05, 4.69) is 37.3 Å². The lowest BCUT2D eigenvalue weighted by molar-refractivity contribution is -0.131. The summed E-state index contributed by atoms with van der Waals surface area (Å²) in [5, 5.41) is 8.44. The zero-order chi connectivity index (χ0) is 22.6. The van der Waals surface area contributed by atoms with Gasteiger partial charge in [0.1, 0.15) is 12.1 Å². The van der Waals surface area contributed by atoms with Crippen molar-refractivity contribution in [2.45, 2.75) is 19.3 Å². The normalized spacial score (nSPS) is 14.1. The minimum Gasteiger partial charge on any atom is -0.351 e. The monoisotopic (exact) mass is 445 g/mol. The zero-order valence-electron chi connectivity index (χ0n) is 18.1. The largest absolute Gasteiger partial charge is 0.351 e. The standard InChI is InChI=1S/C24H24FN7O/c25-19-9-5-10-20(16-19)32-24-22(28-29-32)23(26-17-27-24)31-14-12-30(13-15-31)21(33)11-4-8-18-6-2-1-3-7-18/h1-3,5-7,9-10,16-17H,4,8,11-15H2. The van der Waals surface area contributed by atoms with Gasteiger partial charge >= 0.3 is 0 Å². The van der Waals surface area contributed by atoms with E-state index in [-0.39, 0.29) is 11.7 Å². The van der Waals surface area contributed by atoms with Crippen molar-refractivity contribution in [1.82, 2.24) is 29.9 Å². The highest BCUT2D eigenvalue weighted by Gasteiger charge is 2.24. The average molecular weight is 446 g/mol. The van der Waals surface area contributed by atoms with Crippen molar-refractivity contribution in [1.29, 1.82) is 0 Å². The van der Waals surface area contributed by atoms with Crippen molar-refractivity contribution < 1.29 is 9.18 Å². The van der Waals surface area contributed by atoms with Crippen molar-refractivity contribution in [2.75, 3.05) is 31.1 Å². The summed E-state index contributed by atoms with van der Waals surface area (Å²) in [4.78, 5) is 25.4. The van der Waals surface area contributed by atoms with Crippen LogP contribution in [0, 0.1) is 5.82 Å². The van der Waals surface area contributed by atoms with Crippen molar-refractivity contribution in [3.8, 4) is 5.69 Å². The molecule has 33 heavy (non-hydrogen) atoms. The molecular weight excluding hydrogens is 421 g/mol. The van der Waals surface area contributed by atoms with Crippen LogP contribution in [0.15, 0.2) is 60.9 Å². The molecule has 1 saturated heterocycles. The van der Waals surface area contributed by atoms with Crippen LogP contribution in [0.2, 0.25) is 0 Å². The van der Waals surface area contributed by atoms with Gasteiger partial charge in [0.05, 0.1) is 5.69 Å². The predicted molar refractivity (Wildman–Crippen MR) is 123 cm³/mol. The van der Waals surface area contributed by atoms with Crippen LogP contribution in [-0.2, 0) is 11.2 Å². The number of carbonyl (C=O) groups excluding carboxylic acids is 1. The SMILES string of the molecule is O=C(CCCc1ccccc1)N1CCN(c2ncnc3c2nnn3-c2cccc(F)c2)CC1. The van der Waals surface area contributed by atoms with Crippen LogP contribution in [0.3, 0.4) is 0 Å². The van der Waals surface area contributed by atoms with E-state index in [0.717, 1.165) is 12.8 Å². The molecule has 3 heterocycles. The summed E-state index contributed by atoms with van der Waals surface area (Å²) in [5.41, 5.74) is 2.89. The van der Waals surface area contributed by atoms with Crippen LogP contribution < -0.4 is 4.90 Å². The summed E-state index contributed by atoms with van der Waals surface area (Å²) in [6.45, 7) is 2.58. The van der Waals surface area contributed by atoms with Crippen LogP contribution in [0.1, 0.15) is 18.4 Å². The van der Waals surface area contributed by atoms with Crippen LogP contribution in [0.4, 0.5) is 10.2 Å². The number of aryl methyl sites for hydroxylation is 1. The van der Waals surface area contributed by atoms with Gasteiger partial charge in [0.25, 0.3) is 0 Å². The van der Waals surface area contributed by atoms with Gasteiger partial charge in [-0.3, -0.25) is 4.79 Å². The Labute approximate surface area is 190 Å². The number of halogens is 1. The Morgan fingerprint density at radius 2 is 1.79 bits per heavy atom. The van der Waals surface area contributed by atoms with Crippen molar-refractivity contribution in [2.24, 2.45) is 0 Å². The van der Waals surface area contributed by atoms with Gasteiger partial charge in [-0.25, -0.2) is 14.4 Å². The Balaban J connectivity index is 1.23. The van der Waals surface area contributed by atoms with Gasteiger partial charge in [-0.05, 0) is 36.6 Å². The molecular formula is C24H24FN7O. The van der Waals surface area contributed by atoms with Crippen LogP contribution in [0.25, 0.3) is 16.9 Å². The molecule has 0 saturated carbocycles. The summed E-state index contributed by atoms with van der Waals surface area (Å²) < 4.78 is 15.2. The minimum atomic E-state index is -0.352. The third kappa shape index (κ3) is 4.52. The summed E-state index contributed by atoms with van der Waals surface area (Å²) in [6, 6.07) is 16.4. The Bertz CT molecular complexity index is 1250. The summed E-state index contributed by atoms with van der Waals surface area (Å²) in [7, 11) is 0. The highest BCUT2D eigenvalue weighted by Crippen LogP contribution is 2.24. The summed E-state index contributed by atoms with van der Waals surface area (Å²) >= 11 is 0. The molecule has 0 bridgehead atoms. The average Bonchev–Trinajstić information content (AvgIpc) is 3.29. The first-order valence-corrected chi connectivity index (χ1v) is 11.1. The molecule has 0 unspecified atom stereocenters. The van der Waals surface area contributed by atoms with E-state index in [9.17, 15) is 9.18 Å². The van der Waals surface area contributed by atoms with Gasteiger partial charge in [-0.1, -0.05) is 41.6 Å². The number of hydrogen-bond donors (Lipinski definition) is 0. The second kappa shape index (κ2) is 9.32. The third-order valence-corrected chi connectivity index (χ3v) is 5.90. The molecule has 1 fully saturated rings. The topological polar surface area (TPSA) is 80.0 Å². The number of anilines is 1. The highest BCUT2D eigenvalue weighted by molar-refractivity contribution is 5.84. The van der Waals surface area contributed by atoms with E-state index in [1.165, 1.54) is 28.7 Å². The fraction of sp³-hybridized carbons (Fsp3) is 0.292. The third-order valence-electron chi connectivity index (χ3n) is 5.90. The smallest absolute Gasteiger partial charge is 0.222 e. The van der Waals surface area contributed by atoms with E-state index in [1.54, 1.807) is 12.1 Å². The maximum Gasteiger partial charge on any atom is 0.222 e. The van der Waals surface area contributed by atoms with Gasteiger partial charge in [0, 0.05) is 32.6 Å². The molecule has 0 spiro atoms. The molecule has 0 atom stereocenters. The highest BCUT2D eigenvalue weighted by atomic mass is 19.1. The van der Waals surface area contributed by atoms with Crippen molar-refractivity contribution in [3.05, 3.63) is 72.3 Å². The predicted octanol–water partition coefficient (Wildman–Crippen LogP) is 3.02. The molecule has 1 aliphatic heterocycles. The van der Waals surface area contributed by atoms with E-state index >= 15 is 0 Å². The molecule has 8 nitrogen and oxygen atoms in total. The number of amides is 1. The van der Waals surface area contributed by atoms with E-state index in [0.29, 0.717) is 55.3 Å². The Morgan fingerprint density at radius 3 is 2.58 bits per heavy atom. The molecule has 2 aromatic heterocycles. The van der Waals surface area contributed by atoms with Gasteiger partial charge < -0.3 is 9.80 Å². The maximum absolute atomic E-state index is 13.7. The first-order chi connectivity index (χ1) is 16.2. The molecule has 0 N–H and O–H groups in total. The maximum atomic E-state index is 13.7. The number of hydrogen-bond acceptors (Lipinski definition) is 6. The number of benzene rings is 2. The van der Waals surface area contributed by atoms with Crippen LogP contribution in [0.5, 0.6) is 0 Å². The van der Waals surface area contributed by atoms with Crippen molar-refractivity contribution in [3.63, 3.8) is 0 Å². The fourth-order valence-corrected chi connectivity index (χ4v) is 4.16. The van der Waals surface area contributed by atoms with Gasteiger partial charge in [0.2, 0.25) is 5.91 Å². The summed E-state index contributed by atoms with van der Waals surface area (Å²) in [5.74, 6) is 0.518. The lowest BCUT2D eigenvalue weighted by Crippen LogP contribution is -2.49. The Kier molecular flexibility index (Phi) is 5.93. The number of rotatable bonds is 6. The number of fused-ring (bicyclic) bond motifs is 1. The molecule has 0 aliphatic carbocycles. The quantitative estimate of drug-likeness (QED) is 0.454. The van der Waals surface area contributed by atoms with Crippen LogP contribution >= 0.6 is 0 Å². The number of aromatic nitrogens is 5. The second-order valence-electron chi connectivity index (χ2n) is 8.06. The number of piperazine rings is 1. The van der Waals surface area contributed by atoms with E-state index in [1.807, 2.05) is 23.1 Å². The number of nitrogens with zero attached hydrogens (tertiary/aromatic N) is 7. The molecule has 9 heteroatoms. The molecule has 0 radical (unpaired) electrons. The lowest BCUT2D eigenvalue weighted by atomic mass is 10.1. The Hall–Kier alpha value is -3.88.